The van der Waals surface area contributed by atoms with Crippen LogP contribution in [0.5, 0.6) is 0 Å². The molecule has 0 radical (unpaired) electrons. The van der Waals surface area contributed by atoms with Crippen LogP contribution in [0, 0.1) is 13.8 Å². The van der Waals surface area contributed by atoms with Crippen molar-refractivity contribution >= 4 is 11.6 Å². The molecule has 0 saturated heterocycles. The minimum absolute atomic E-state index is 0.0323. The van der Waals surface area contributed by atoms with E-state index in [9.17, 15) is 13.2 Å². The zero-order valence-corrected chi connectivity index (χ0v) is 15.2. The summed E-state index contributed by atoms with van der Waals surface area (Å²) in [6, 6.07) is 4.63. The third-order valence-electron chi connectivity index (χ3n) is 4.05. The predicted octanol–water partition coefficient (Wildman–Crippen LogP) is 4.11. The van der Waals surface area contributed by atoms with Gasteiger partial charge >= 0.3 is 12.5 Å². The smallest absolute Gasteiger partial charge is 0.408 e. The summed E-state index contributed by atoms with van der Waals surface area (Å²) in [4.78, 5) is 4.36. The Hall–Kier alpha value is -2.35. The molecule has 1 unspecified atom stereocenters. The molecule has 1 aliphatic rings. The second-order valence-corrected chi connectivity index (χ2v) is 7.43. The summed E-state index contributed by atoms with van der Waals surface area (Å²) in [6.45, 7) is 8.66. The van der Waals surface area contributed by atoms with E-state index in [1.54, 1.807) is 26.8 Å². The van der Waals surface area contributed by atoms with Crippen molar-refractivity contribution in [2.75, 3.05) is 0 Å². The standard InChI is InChI=1S/C18H20F3N3O2/c1-9-6-10(2)14-11(7-9)16(25)26-15(22-14)12-8-13(18(19,20)21)24(23-12)17(3,4)5/h6-8,16,25H,1-5H3/p+1. The fraction of sp³-hybridized carbons (Fsp3) is 0.444. The van der Waals surface area contributed by atoms with Crippen molar-refractivity contribution in [1.29, 1.82) is 0 Å². The molecular weight excluding hydrogens is 347 g/mol. The van der Waals surface area contributed by atoms with Crippen molar-refractivity contribution in [3.8, 4) is 0 Å². The van der Waals surface area contributed by atoms with Crippen LogP contribution in [0.3, 0.4) is 0 Å². The first-order chi connectivity index (χ1) is 11.9. The van der Waals surface area contributed by atoms with Gasteiger partial charge in [-0.05, 0) is 51.8 Å². The Morgan fingerprint density at radius 1 is 1.12 bits per heavy atom. The Labute approximate surface area is 149 Å². The molecule has 0 fully saturated rings. The molecule has 1 aromatic heterocycles. The average molecular weight is 368 g/mol. The van der Waals surface area contributed by atoms with Gasteiger partial charge in [-0.2, -0.15) is 18.3 Å². The highest BCUT2D eigenvalue weighted by atomic mass is 19.4. The van der Waals surface area contributed by atoms with Crippen LogP contribution in [-0.2, 0) is 16.5 Å². The first kappa shape index (κ1) is 18.4. The molecule has 0 bridgehead atoms. The highest BCUT2D eigenvalue weighted by molar-refractivity contribution is 5.96. The van der Waals surface area contributed by atoms with Crippen molar-refractivity contribution in [3.05, 3.63) is 46.3 Å². The van der Waals surface area contributed by atoms with Crippen LogP contribution in [0.1, 0.15) is 55.1 Å². The zero-order chi connectivity index (χ0) is 19.4. The van der Waals surface area contributed by atoms with Crippen LogP contribution in [0.2, 0.25) is 0 Å². The van der Waals surface area contributed by atoms with Crippen molar-refractivity contribution in [2.45, 2.75) is 52.6 Å². The molecule has 5 nitrogen and oxygen atoms in total. The Morgan fingerprint density at radius 2 is 1.77 bits per heavy atom. The lowest BCUT2D eigenvalue weighted by molar-refractivity contribution is -0.146. The van der Waals surface area contributed by atoms with E-state index in [2.05, 4.69) is 10.1 Å². The second-order valence-electron chi connectivity index (χ2n) is 7.43. The number of aromatic nitrogens is 2. The van der Waals surface area contributed by atoms with Gasteiger partial charge in [-0.3, -0.25) is 4.68 Å². The van der Waals surface area contributed by atoms with Gasteiger partial charge in [-0.15, -0.1) is 0 Å². The van der Waals surface area contributed by atoms with Gasteiger partial charge in [0, 0.05) is 6.07 Å². The Kier molecular flexibility index (Phi) is 4.14. The Balaban J connectivity index is 2.16. The molecule has 2 N–H and O–H groups in total. The summed E-state index contributed by atoms with van der Waals surface area (Å²) in [5.74, 6) is -0.0713. The summed E-state index contributed by atoms with van der Waals surface area (Å²) >= 11 is 0. The number of benzene rings is 1. The largest absolute Gasteiger partial charge is 0.433 e. The summed E-state index contributed by atoms with van der Waals surface area (Å²) in [5.41, 5.74) is 1.17. The minimum atomic E-state index is -4.56. The third kappa shape index (κ3) is 3.21. The molecule has 1 aromatic carbocycles. The maximum Gasteiger partial charge on any atom is 0.433 e. The number of nitrogens with zero attached hydrogens (tertiary/aromatic N) is 3. The number of rotatable bonds is 1. The highest BCUT2D eigenvalue weighted by Crippen LogP contribution is 2.38. The second kappa shape index (κ2) is 5.84. The van der Waals surface area contributed by atoms with Gasteiger partial charge in [-0.25, -0.2) is 4.99 Å². The summed E-state index contributed by atoms with van der Waals surface area (Å²) in [7, 11) is 0. The van der Waals surface area contributed by atoms with Gasteiger partial charge in [0.1, 0.15) is 17.0 Å². The first-order valence-electron chi connectivity index (χ1n) is 8.13. The molecule has 0 saturated carbocycles. The number of halogens is 3. The fourth-order valence-corrected chi connectivity index (χ4v) is 2.96. The number of aliphatic imine (C=N–C) groups is 1. The van der Waals surface area contributed by atoms with E-state index in [-0.39, 0.29) is 11.6 Å². The van der Waals surface area contributed by atoms with Crippen LogP contribution < -0.4 is 0 Å². The zero-order valence-electron chi connectivity index (χ0n) is 15.2. The molecule has 0 aliphatic carbocycles. The van der Waals surface area contributed by atoms with E-state index in [0.29, 0.717) is 11.3 Å². The van der Waals surface area contributed by atoms with E-state index in [0.717, 1.165) is 21.9 Å². The number of hydrogen-bond acceptors (Lipinski definition) is 3. The number of ether oxygens (including phenoxy) is 1. The van der Waals surface area contributed by atoms with Gasteiger partial charge in [0.15, 0.2) is 0 Å². The van der Waals surface area contributed by atoms with Crippen LogP contribution in [-0.4, -0.2) is 20.8 Å². The predicted molar refractivity (Wildman–Crippen MR) is 91.8 cm³/mol. The van der Waals surface area contributed by atoms with Crippen molar-refractivity contribution in [2.24, 2.45) is 4.99 Å². The lowest BCUT2D eigenvalue weighted by atomic mass is 10.0. The molecule has 3 rings (SSSR count). The monoisotopic (exact) mass is 368 g/mol. The molecule has 140 valence electrons. The molecule has 2 aromatic rings. The summed E-state index contributed by atoms with van der Waals surface area (Å²) in [6.07, 6.45) is -5.62. The van der Waals surface area contributed by atoms with Crippen LogP contribution >= 0.6 is 0 Å². The normalized spacial score (nSPS) is 17.6. The van der Waals surface area contributed by atoms with Gasteiger partial charge in [0.2, 0.25) is 5.90 Å². The van der Waals surface area contributed by atoms with Gasteiger partial charge in [-0.1, -0.05) is 6.07 Å². The molecule has 1 aliphatic heterocycles. The lowest BCUT2D eigenvalue weighted by Gasteiger charge is -2.23. The number of alkyl halides is 3. The lowest BCUT2D eigenvalue weighted by Crippen LogP contribution is -2.29. The van der Waals surface area contributed by atoms with E-state index >= 15 is 0 Å². The van der Waals surface area contributed by atoms with E-state index < -0.39 is 23.7 Å². The highest BCUT2D eigenvalue weighted by Gasteiger charge is 2.40. The van der Waals surface area contributed by atoms with Gasteiger partial charge in [0.25, 0.3) is 0 Å². The van der Waals surface area contributed by atoms with E-state index in [4.69, 9.17) is 9.84 Å². The van der Waals surface area contributed by atoms with E-state index in [1.165, 1.54) is 0 Å². The third-order valence-corrected chi connectivity index (χ3v) is 4.05. The van der Waals surface area contributed by atoms with Crippen LogP contribution in [0.25, 0.3) is 0 Å². The molecule has 0 amide bonds. The number of aryl methyl sites for hydroxylation is 2. The van der Waals surface area contributed by atoms with Gasteiger partial charge < -0.3 is 9.84 Å². The van der Waals surface area contributed by atoms with Crippen LogP contribution in [0.4, 0.5) is 18.9 Å². The topological polar surface area (TPSA) is 62.3 Å². The SMILES string of the molecule is Cc1cc(C)c2c(c1)C([OH2+])OC(c1cc(C(F)(F)F)n(C(C)(C)C)n1)=N2. The maximum absolute atomic E-state index is 13.4. The Morgan fingerprint density at radius 3 is 2.31 bits per heavy atom. The molecule has 2 heterocycles. The quantitative estimate of drug-likeness (QED) is 0.711. The minimum Gasteiger partial charge on any atom is -0.408 e. The average Bonchev–Trinajstić information content (AvgIpc) is 2.93. The van der Waals surface area contributed by atoms with E-state index in [1.807, 2.05) is 19.9 Å². The molecule has 8 heteroatoms. The fourth-order valence-electron chi connectivity index (χ4n) is 2.96. The number of fused-ring (bicyclic) bond motifs is 1. The summed E-state index contributed by atoms with van der Waals surface area (Å²) in [5, 5.41) is 12.3. The summed E-state index contributed by atoms with van der Waals surface area (Å²) < 4.78 is 46.6. The Bertz CT molecular complexity index is 861. The molecule has 26 heavy (non-hydrogen) atoms. The molecular formula is C18H21F3N3O2+. The first-order valence-corrected chi connectivity index (χ1v) is 8.13. The molecule has 0 spiro atoms. The van der Waals surface area contributed by atoms with Crippen molar-refractivity contribution < 1.29 is 23.0 Å². The molecule has 1 atom stereocenters. The van der Waals surface area contributed by atoms with Crippen molar-refractivity contribution in [1.82, 2.24) is 9.78 Å². The van der Waals surface area contributed by atoms with Crippen LogP contribution in [0.15, 0.2) is 23.2 Å². The van der Waals surface area contributed by atoms with Gasteiger partial charge in [0.05, 0.1) is 11.2 Å². The number of hydrogen-bond donors (Lipinski definition) is 0. The maximum atomic E-state index is 13.4. The van der Waals surface area contributed by atoms with Crippen molar-refractivity contribution in [3.63, 3.8) is 0 Å².